The van der Waals surface area contributed by atoms with Crippen molar-refractivity contribution in [3.05, 3.63) is 12.2 Å². The van der Waals surface area contributed by atoms with Gasteiger partial charge in [0.15, 0.2) is 0 Å². The number of fused-ring (bicyclic) bond motifs is 3. The lowest BCUT2D eigenvalue weighted by Crippen LogP contribution is -2.71. The van der Waals surface area contributed by atoms with Crippen LogP contribution in [0.25, 0.3) is 0 Å². The van der Waals surface area contributed by atoms with E-state index in [0.29, 0.717) is 38.5 Å². The lowest BCUT2D eigenvalue weighted by atomic mass is 9.58. The average molecular weight is 1560 g/mol. The zero-order chi connectivity index (χ0) is 81.3. The third kappa shape index (κ3) is 21.5. The van der Waals surface area contributed by atoms with Gasteiger partial charge in [-0.15, -0.1) is 0 Å². The quantitative estimate of drug-likeness (QED) is 0.104. The van der Waals surface area contributed by atoms with Crippen LogP contribution in [-0.2, 0) is 62.3 Å². The van der Waals surface area contributed by atoms with Crippen LogP contribution in [0, 0.1) is 35.0 Å². The van der Waals surface area contributed by atoms with Crippen LogP contribution in [0.15, 0.2) is 12.2 Å². The van der Waals surface area contributed by atoms with Gasteiger partial charge in [0.25, 0.3) is 0 Å². The van der Waals surface area contributed by atoms with E-state index in [1.165, 1.54) is 78.7 Å². The van der Waals surface area contributed by atoms with Gasteiger partial charge in [0, 0.05) is 94.3 Å². The standard InChI is InChI=1S/C77H121F7N12O13/c1-16-24-54-65(100)86-63(45(6)17-2)71(106)95(49-27-28-49)42-61(99)91(13)55-25-22-21-23-34-94(70(55)105)58(37-46-30-32-76(80,81)33-31-46)69(104)89(11)41-59(97)85-53(29-26-47-35-51(78)62(52(79)36-47)77(82,83)84)67(102)96-40-50(109-20-5)38-56(96)66(101)87-75(43-74(7,8)44-75)73(108)93(15)64(48(18-3)19-4)72(107)92(14)57(68(103)88(9)10)39-60(98)90(54)12/h21-22,45-58,62-64H,16-20,23-44H2,1-15H3,(H,85,97)(H,86,100)(H,87,101)/b22-21-/t45-,47?,50+,51?,52?,53-,54-,55-,56-,57-,58-,62?,63-,64-/m0/s1. The number of nitrogens with zero attached hydrogens (tertiary/aromatic N) is 9. The molecule has 7 aliphatic rings. The van der Waals surface area contributed by atoms with Gasteiger partial charge >= 0.3 is 6.18 Å². The molecule has 2 unspecified atom stereocenters. The lowest BCUT2D eigenvalue weighted by Gasteiger charge is -2.54. The molecule has 109 heavy (non-hydrogen) atoms. The van der Waals surface area contributed by atoms with Gasteiger partial charge in [-0.2, -0.15) is 13.2 Å². The molecule has 0 aromatic rings. The molecule has 3 heterocycles. The highest BCUT2D eigenvalue weighted by Gasteiger charge is 2.60. The summed E-state index contributed by atoms with van der Waals surface area (Å²) >= 11 is 0. The maximum Gasteiger partial charge on any atom is 0.397 e. The van der Waals surface area contributed by atoms with Crippen LogP contribution in [0.2, 0.25) is 0 Å². The molecule has 25 nitrogen and oxygen atoms in total. The van der Waals surface area contributed by atoms with Crippen molar-refractivity contribution < 1.29 is 93.0 Å². The summed E-state index contributed by atoms with van der Waals surface area (Å²) < 4.78 is 109. The van der Waals surface area contributed by atoms with E-state index in [1.807, 2.05) is 34.6 Å². The summed E-state index contributed by atoms with van der Waals surface area (Å²) in [6, 6.07) is -11.8. The Hall–Kier alpha value is -7.15. The average Bonchev–Trinajstić information content (AvgIpc) is 0.890. The molecule has 3 aliphatic heterocycles. The monoisotopic (exact) mass is 1550 g/mol. The fraction of sp³-hybridized carbons (Fsp3) is 0.818. The van der Waals surface area contributed by atoms with Crippen LogP contribution in [0.1, 0.15) is 197 Å². The van der Waals surface area contributed by atoms with E-state index in [4.69, 9.17) is 4.74 Å². The highest BCUT2D eigenvalue weighted by molar-refractivity contribution is 6.01. The molecule has 6 fully saturated rings. The summed E-state index contributed by atoms with van der Waals surface area (Å²) in [5.41, 5.74) is -2.37. The fourth-order valence-electron chi connectivity index (χ4n) is 17.5. The summed E-state index contributed by atoms with van der Waals surface area (Å²) in [7, 11) is 9.63. The molecule has 1 spiro atoms. The van der Waals surface area contributed by atoms with Crippen molar-refractivity contribution in [2.75, 3.05) is 82.1 Å². The highest BCUT2D eigenvalue weighted by Crippen LogP contribution is 2.50. The number of carbonyl (C=O) groups is 12. The summed E-state index contributed by atoms with van der Waals surface area (Å²) in [5, 5.41) is 8.56. The molecule has 0 aromatic heterocycles. The Morgan fingerprint density at radius 2 is 1.28 bits per heavy atom. The van der Waals surface area contributed by atoms with Crippen molar-refractivity contribution >= 4 is 70.9 Å². The summed E-state index contributed by atoms with van der Waals surface area (Å²) in [6.07, 6.45) is -9.77. The van der Waals surface area contributed by atoms with Gasteiger partial charge in [0.1, 0.15) is 78.7 Å². The zero-order valence-corrected chi connectivity index (χ0v) is 66.5. The van der Waals surface area contributed by atoms with Gasteiger partial charge < -0.3 is 64.8 Å². The van der Waals surface area contributed by atoms with E-state index in [1.54, 1.807) is 32.9 Å². The molecule has 12 atom stereocenters. The van der Waals surface area contributed by atoms with Crippen LogP contribution in [-0.4, -0.2) is 288 Å². The summed E-state index contributed by atoms with van der Waals surface area (Å²) in [6.45, 7) is 12.6. The van der Waals surface area contributed by atoms with Crippen molar-refractivity contribution in [3.8, 4) is 0 Å². The van der Waals surface area contributed by atoms with Crippen LogP contribution in [0.3, 0.4) is 0 Å². The lowest BCUT2D eigenvalue weighted by molar-refractivity contribution is -0.219. The molecule has 616 valence electrons. The van der Waals surface area contributed by atoms with Crippen molar-refractivity contribution in [2.45, 2.75) is 287 Å². The predicted octanol–water partition coefficient (Wildman–Crippen LogP) is 6.98. The van der Waals surface area contributed by atoms with Gasteiger partial charge in [-0.3, -0.25) is 57.5 Å². The highest BCUT2D eigenvalue weighted by atomic mass is 19.4. The molecule has 2 bridgehead atoms. The number of carbonyl (C=O) groups excluding carboxylic acids is 12. The first-order chi connectivity index (χ1) is 51.0. The van der Waals surface area contributed by atoms with Gasteiger partial charge in [-0.25, -0.2) is 17.6 Å². The molecule has 2 saturated heterocycles. The van der Waals surface area contributed by atoms with Crippen LogP contribution in [0.5, 0.6) is 0 Å². The number of rotatable bonds is 16. The molecular formula is C77H121F7N12O13. The smallest absolute Gasteiger partial charge is 0.377 e. The predicted molar refractivity (Wildman–Crippen MR) is 390 cm³/mol. The van der Waals surface area contributed by atoms with Crippen LogP contribution >= 0.6 is 0 Å². The van der Waals surface area contributed by atoms with Crippen molar-refractivity contribution in [2.24, 2.45) is 35.0 Å². The third-order valence-corrected chi connectivity index (χ3v) is 24.1. The Bertz CT molecular complexity index is 3270. The van der Waals surface area contributed by atoms with Crippen LogP contribution < -0.4 is 16.0 Å². The van der Waals surface area contributed by atoms with Crippen molar-refractivity contribution in [1.29, 1.82) is 0 Å². The fourth-order valence-corrected chi connectivity index (χ4v) is 17.5. The van der Waals surface area contributed by atoms with Gasteiger partial charge in [-0.1, -0.05) is 86.3 Å². The van der Waals surface area contributed by atoms with E-state index in [9.17, 15) is 45.9 Å². The minimum atomic E-state index is -5.21. The zero-order valence-electron chi connectivity index (χ0n) is 66.5. The maximum atomic E-state index is 15.8. The van der Waals surface area contributed by atoms with E-state index in [2.05, 4.69) is 16.0 Å². The number of ether oxygens (including phenoxy) is 1. The number of hydrogen-bond donors (Lipinski definition) is 3. The molecule has 32 heteroatoms. The maximum absolute atomic E-state index is 15.8. The van der Waals surface area contributed by atoms with Crippen LogP contribution in [0.4, 0.5) is 30.7 Å². The first-order valence-corrected chi connectivity index (χ1v) is 39.3. The number of hydrogen-bond acceptors (Lipinski definition) is 13. The molecular weight excluding hydrogens is 1430 g/mol. The Morgan fingerprint density at radius 1 is 0.661 bits per heavy atom. The molecule has 3 N–H and O–H groups in total. The summed E-state index contributed by atoms with van der Waals surface area (Å²) in [4.78, 5) is 193. The number of likely N-dealkylation sites (N-methyl/N-ethyl adjacent to an activating group) is 6. The number of alkyl halides is 7. The number of amides is 12. The van der Waals surface area contributed by atoms with E-state index < -0.39 is 248 Å². The SMILES string of the molecule is CCC[C@H]1C(=O)N[C@@H]([C@@H](C)CC)C(=O)N(C2CC2)CC(=O)N(C)[C@H]2C/C=C\CCN(C2=O)[C@@H](CC2CCC(F)(F)CC2)C(=O)N(C)CC(=O)N[C@@H](CCC2CC(F)C(C(F)(F)F)C(F)C2)C(=O)N2C[C@H](OCC)C[C@H]2C(=O)NC2(CC(C)(C)C2)C(=O)N(C)[C@@H](C(CC)CC)C(=O)N(C)[C@H](C(=O)N(C)C)CC(=O)N1C. The van der Waals surface area contributed by atoms with Gasteiger partial charge in [-0.05, 0) is 126 Å². The van der Waals surface area contributed by atoms with E-state index >= 15 is 42.3 Å². The largest absolute Gasteiger partial charge is 0.397 e. The molecule has 0 aromatic carbocycles. The Morgan fingerprint density at radius 3 is 1.83 bits per heavy atom. The number of halogens is 7. The minimum Gasteiger partial charge on any atom is -0.377 e. The molecule has 0 radical (unpaired) electrons. The molecule has 4 saturated carbocycles. The normalized spacial score (nSPS) is 31.2. The Labute approximate surface area is 637 Å². The molecule has 7 rings (SSSR count). The minimum absolute atomic E-state index is 0.00855. The molecule has 12 amide bonds. The summed E-state index contributed by atoms with van der Waals surface area (Å²) in [5.74, 6) is -17.9. The third-order valence-electron chi connectivity index (χ3n) is 24.1. The van der Waals surface area contributed by atoms with Crippen molar-refractivity contribution in [1.82, 2.24) is 60.0 Å². The second kappa shape index (κ2) is 37.5. The van der Waals surface area contributed by atoms with E-state index in [-0.39, 0.29) is 83.9 Å². The van der Waals surface area contributed by atoms with Crippen molar-refractivity contribution in [3.63, 3.8) is 0 Å². The second-order valence-electron chi connectivity index (χ2n) is 33.1. The molecule has 4 aliphatic carbocycles. The Balaban J connectivity index is 1.35. The first-order valence-electron chi connectivity index (χ1n) is 39.3. The van der Waals surface area contributed by atoms with E-state index in [0.717, 1.165) is 14.7 Å². The van der Waals surface area contributed by atoms with Gasteiger partial charge in [0.05, 0.1) is 19.1 Å². The Kier molecular flexibility index (Phi) is 30.6. The first kappa shape index (κ1) is 89.1. The topological polar surface area (TPSA) is 279 Å². The second-order valence-corrected chi connectivity index (χ2v) is 33.1. The number of nitrogens with one attached hydrogen (secondary N) is 3. The van der Waals surface area contributed by atoms with Gasteiger partial charge in [0.2, 0.25) is 76.8 Å².